The zero-order chi connectivity index (χ0) is 14.8. The lowest BCUT2D eigenvalue weighted by Gasteiger charge is -2.26. The lowest BCUT2D eigenvalue weighted by atomic mass is 9.79. The molecule has 0 radical (unpaired) electrons. The van der Waals surface area contributed by atoms with Crippen molar-refractivity contribution in [2.24, 2.45) is 0 Å². The van der Waals surface area contributed by atoms with Gasteiger partial charge in [-0.1, -0.05) is 60.0 Å². The molecule has 2 aromatic rings. The molecule has 1 nitrogen and oxygen atoms in total. The summed E-state index contributed by atoms with van der Waals surface area (Å²) < 4.78 is 0. The highest BCUT2D eigenvalue weighted by molar-refractivity contribution is 6.42. The number of hydrogen-bond acceptors (Lipinski definition) is 1. The van der Waals surface area contributed by atoms with E-state index in [1.165, 1.54) is 30.4 Å². The quantitative estimate of drug-likeness (QED) is 0.776. The standard InChI is InChI=1S/C18H19Cl2N/c1-21-18(15-9-10-16(19)17(20)11-15)14-7-5-13(6-8-14)12-3-2-4-12/h5-12,18,21H,2-4H2,1H3. The van der Waals surface area contributed by atoms with Crippen LogP contribution in [0.25, 0.3) is 0 Å². The molecule has 1 aliphatic rings. The second-order valence-corrected chi connectivity index (χ2v) is 6.50. The smallest absolute Gasteiger partial charge is 0.0595 e. The molecule has 110 valence electrons. The van der Waals surface area contributed by atoms with Crippen LogP contribution in [-0.4, -0.2) is 7.05 Å². The normalized spacial score (nSPS) is 16.5. The van der Waals surface area contributed by atoms with Crippen molar-refractivity contribution in [1.82, 2.24) is 5.32 Å². The summed E-state index contributed by atoms with van der Waals surface area (Å²) in [5, 5.41) is 4.55. The SMILES string of the molecule is CNC(c1ccc(C2CCC2)cc1)c1ccc(Cl)c(Cl)c1. The highest BCUT2D eigenvalue weighted by atomic mass is 35.5. The number of halogens is 2. The van der Waals surface area contributed by atoms with Crippen LogP contribution in [0.2, 0.25) is 10.0 Å². The molecule has 1 atom stereocenters. The molecule has 1 fully saturated rings. The zero-order valence-electron chi connectivity index (χ0n) is 12.1. The van der Waals surface area contributed by atoms with Gasteiger partial charge in [-0.3, -0.25) is 0 Å². The second-order valence-electron chi connectivity index (χ2n) is 5.69. The molecule has 1 N–H and O–H groups in total. The van der Waals surface area contributed by atoms with Crippen LogP contribution in [0.1, 0.15) is 47.9 Å². The number of rotatable bonds is 4. The van der Waals surface area contributed by atoms with E-state index in [1.807, 2.05) is 25.2 Å². The molecule has 0 spiro atoms. The van der Waals surface area contributed by atoms with Crippen LogP contribution in [0.15, 0.2) is 42.5 Å². The molecule has 1 aliphatic carbocycles. The Bertz CT molecular complexity index is 618. The summed E-state index contributed by atoms with van der Waals surface area (Å²) in [6, 6.07) is 14.9. The molecule has 0 heterocycles. The van der Waals surface area contributed by atoms with Crippen molar-refractivity contribution in [1.29, 1.82) is 0 Å². The van der Waals surface area contributed by atoms with Gasteiger partial charge in [0.05, 0.1) is 16.1 Å². The van der Waals surface area contributed by atoms with E-state index in [4.69, 9.17) is 23.2 Å². The third-order valence-corrected chi connectivity index (χ3v) is 5.15. The van der Waals surface area contributed by atoms with E-state index in [1.54, 1.807) is 0 Å². The number of hydrogen-bond donors (Lipinski definition) is 1. The van der Waals surface area contributed by atoms with Crippen LogP contribution in [0.4, 0.5) is 0 Å². The zero-order valence-corrected chi connectivity index (χ0v) is 13.6. The lowest BCUT2D eigenvalue weighted by Crippen LogP contribution is -2.18. The fourth-order valence-electron chi connectivity index (χ4n) is 2.92. The van der Waals surface area contributed by atoms with Gasteiger partial charge in [-0.05, 0) is 54.6 Å². The first-order valence-electron chi connectivity index (χ1n) is 7.41. The topological polar surface area (TPSA) is 12.0 Å². The first kappa shape index (κ1) is 14.9. The summed E-state index contributed by atoms with van der Waals surface area (Å²) in [6.45, 7) is 0. The van der Waals surface area contributed by atoms with Crippen molar-refractivity contribution in [3.63, 3.8) is 0 Å². The first-order chi connectivity index (χ1) is 10.2. The first-order valence-corrected chi connectivity index (χ1v) is 8.16. The highest BCUT2D eigenvalue weighted by Gasteiger charge is 2.20. The lowest BCUT2D eigenvalue weighted by molar-refractivity contribution is 0.419. The Labute approximate surface area is 136 Å². The molecule has 0 amide bonds. The molecule has 0 bridgehead atoms. The van der Waals surface area contributed by atoms with Crippen LogP contribution < -0.4 is 5.32 Å². The van der Waals surface area contributed by atoms with Crippen molar-refractivity contribution in [3.8, 4) is 0 Å². The van der Waals surface area contributed by atoms with Gasteiger partial charge in [0.15, 0.2) is 0 Å². The summed E-state index contributed by atoms with van der Waals surface area (Å²) in [5.41, 5.74) is 3.84. The van der Waals surface area contributed by atoms with Crippen molar-refractivity contribution in [2.75, 3.05) is 7.05 Å². The van der Waals surface area contributed by atoms with Gasteiger partial charge in [-0.2, -0.15) is 0 Å². The molecule has 2 aromatic carbocycles. The van der Waals surface area contributed by atoms with E-state index in [9.17, 15) is 0 Å². The van der Waals surface area contributed by atoms with Crippen LogP contribution in [0, 0.1) is 0 Å². The molecular weight excluding hydrogens is 301 g/mol. The maximum absolute atomic E-state index is 6.14. The number of nitrogens with one attached hydrogen (secondary N) is 1. The van der Waals surface area contributed by atoms with Crippen LogP contribution in [-0.2, 0) is 0 Å². The van der Waals surface area contributed by atoms with Crippen molar-refractivity contribution in [2.45, 2.75) is 31.2 Å². The van der Waals surface area contributed by atoms with Crippen molar-refractivity contribution in [3.05, 3.63) is 69.2 Å². The largest absolute Gasteiger partial charge is 0.309 e. The van der Waals surface area contributed by atoms with Gasteiger partial charge >= 0.3 is 0 Å². The van der Waals surface area contributed by atoms with Crippen LogP contribution in [0.3, 0.4) is 0 Å². The molecular formula is C18H19Cl2N. The molecule has 0 saturated heterocycles. The van der Waals surface area contributed by atoms with E-state index < -0.39 is 0 Å². The Morgan fingerprint density at radius 3 is 2.14 bits per heavy atom. The van der Waals surface area contributed by atoms with Gasteiger partial charge in [0.25, 0.3) is 0 Å². The minimum atomic E-state index is 0.134. The van der Waals surface area contributed by atoms with Gasteiger partial charge in [-0.15, -0.1) is 0 Å². The third-order valence-electron chi connectivity index (χ3n) is 4.41. The average molecular weight is 320 g/mol. The van der Waals surface area contributed by atoms with E-state index in [2.05, 4.69) is 29.6 Å². The van der Waals surface area contributed by atoms with Crippen LogP contribution in [0.5, 0.6) is 0 Å². The molecule has 0 aromatic heterocycles. The number of benzene rings is 2. The summed E-state index contributed by atoms with van der Waals surface area (Å²) in [4.78, 5) is 0. The Morgan fingerprint density at radius 2 is 1.62 bits per heavy atom. The highest BCUT2D eigenvalue weighted by Crippen LogP contribution is 2.37. The Kier molecular flexibility index (Phi) is 4.54. The summed E-state index contributed by atoms with van der Waals surface area (Å²) in [7, 11) is 1.97. The van der Waals surface area contributed by atoms with E-state index in [0.717, 1.165) is 11.5 Å². The molecule has 1 saturated carbocycles. The summed E-state index contributed by atoms with van der Waals surface area (Å²) >= 11 is 12.1. The van der Waals surface area contributed by atoms with Gasteiger partial charge in [0.2, 0.25) is 0 Å². The monoisotopic (exact) mass is 319 g/mol. The fourth-order valence-corrected chi connectivity index (χ4v) is 3.23. The van der Waals surface area contributed by atoms with Gasteiger partial charge < -0.3 is 5.32 Å². The van der Waals surface area contributed by atoms with E-state index in [0.29, 0.717) is 10.0 Å². The average Bonchev–Trinajstić information content (AvgIpc) is 2.43. The maximum Gasteiger partial charge on any atom is 0.0595 e. The van der Waals surface area contributed by atoms with Crippen LogP contribution >= 0.6 is 23.2 Å². The van der Waals surface area contributed by atoms with Gasteiger partial charge in [0.1, 0.15) is 0 Å². The molecule has 0 aliphatic heterocycles. The Balaban J connectivity index is 1.86. The maximum atomic E-state index is 6.14. The Morgan fingerprint density at radius 1 is 0.952 bits per heavy atom. The van der Waals surface area contributed by atoms with Crippen molar-refractivity contribution < 1.29 is 0 Å². The fraction of sp³-hybridized carbons (Fsp3) is 0.333. The van der Waals surface area contributed by atoms with Gasteiger partial charge in [-0.25, -0.2) is 0 Å². The second kappa shape index (κ2) is 6.39. The molecule has 21 heavy (non-hydrogen) atoms. The minimum Gasteiger partial charge on any atom is -0.309 e. The van der Waals surface area contributed by atoms with E-state index in [-0.39, 0.29) is 6.04 Å². The van der Waals surface area contributed by atoms with Gasteiger partial charge in [0, 0.05) is 0 Å². The van der Waals surface area contributed by atoms with E-state index >= 15 is 0 Å². The molecule has 1 unspecified atom stereocenters. The summed E-state index contributed by atoms with van der Waals surface area (Å²) in [5.74, 6) is 0.775. The Hall–Kier alpha value is -1.02. The molecule has 3 rings (SSSR count). The minimum absolute atomic E-state index is 0.134. The third kappa shape index (κ3) is 3.11. The predicted molar refractivity (Wildman–Crippen MR) is 90.4 cm³/mol. The predicted octanol–water partition coefficient (Wildman–Crippen LogP) is 5.57. The summed E-state index contributed by atoms with van der Waals surface area (Å²) in [6.07, 6.45) is 4.04. The molecule has 3 heteroatoms. The van der Waals surface area contributed by atoms with Crippen molar-refractivity contribution >= 4 is 23.2 Å².